The molecule has 0 saturated carbocycles. The minimum atomic E-state index is -1.16. The molecule has 1 unspecified atom stereocenters. The van der Waals surface area contributed by atoms with E-state index in [0.29, 0.717) is 12.2 Å². The van der Waals surface area contributed by atoms with E-state index in [0.717, 1.165) is 0 Å². The van der Waals surface area contributed by atoms with E-state index in [1.165, 1.54) is 0 Å². The second-order valence-electron chi connectivity index (χ2n) is 2.76. The molecule has 0 amide bonds. The zero-order valence-corrected chi connectivity index (χ0v) is 8.41. The van der Waals surface area contributed by atoms with E-state index in [4.69, 9.17) is 15.9 Å². The van der Waals surface area contributed by atoms with E-state index >= 15 is 0 Å². The van der Waals surface area contributed by atoms with Gasteiger partial charge in [0.25, 0.3) is 0 Å². The van der Waals surface area contributed by atoms with Crippen molar-refractivity contribution in [2.45, 2.75) is 18.5 Å². The molecule has 0 fully saturated rings. The highest BCUT2D eigenvalue weighted by Gasteiger charge is 2.18. The zero-order valence-electron chi connectivity index (χ0n) is 7.51. The standard InChI is InChI=1S/C7H14N2O4S/c8-4(6(10)11)3-9-5(1-2-14)7(12)13/h4-5,9,14H,1-3,8H2,(H,10,11)(H,12,13)/t4?,5-/m1/s1. The number of carbonyl (C=O) groups is 2. The van der Waals surface area contributed by atoms with E-state index < -0.39 is 24.0 Å². The summed E-state index contributed by atoms with van der Waals surface area (Å²) in [5.74, 6) is -1.78. The predicted octanol–water partition coefficient (Wildman–Crippen LogP) is -1.24. The number of thiol groups is 1. The van der Waals surface area contributed by atoms with Crippen LogP contribution in [0.2, 0.25) is 0 Å². The minimum absolute atomic E-state index is 0.0694. The normalized spacial score (nSPS) is 14.7. The third-order valence-electron chi connectivity index (χ3n) is 1.62. The first-order valence-corrected chi connectivity index (χ1v) is 4.67. The fraction of sp³-hybridized carbons (Fsp3) is 0.714. The van der Waals surface area contributed by atoms with E-state index in [-0.39, 0.29) is 6.54 Å². The fourth-order valence-corrected chi connectivity index (χ4v) is 1.06. The summed E-state index contributed by atoms with van der Waals surface area (Å²) in [6, 6.07) is -1.88. The monoisotopic (exact) mass is 222 g/mol. The van der Waals surface area contributed by atoms with Gasteiger partial charge in [0.15, 0.2) is 0 Å². The SMILES string of the molecule is NC(CN[C@H](CCS)C(=O)O)C(=O)O. The number of rotatable bonds is 7. The highest BCUT2D eigenvalue weighted by atomic mass is 32.1. The summed E-state index contributed by atoms with van der Waals surface area (Å²) in [5.41, 5.74) is 5.19. The van der Waals surface area contributed by atoms with Crippen molar-refractivity contribution in [3.05, 3.63) is 0 Å². The van der Waals surface area contributed by atoms with E-state index in [2.05, 4.69) is 17.9 Å². The molecule has 0 saturated heterocycles. The molecular formula is C7H14N2O4S. The maximum absolute atomic E-state index is 10.6. The molecule has 0 aliphatic rings. The third-order valence-corrected chi connectivity index (χ3v) is 1.88. The molecule has 2 atom stereocenters. The first-order chi connectivity index (χ1) is 6.49. The Kier molecular flexibility index (Phi) is 6.26. The average molecular weight is 222 g/mol. The van der Waals surface area contributed by atoms with Crippen molar-refractivity contribution in [3.63, 3.8) is 0 Å². The summed E-state index contributed by atoms with van der Waals surface area (Å²) in [6.07, 6.45) is 0.324. The molecule has 6 nitrogen and oxygen atoms in total. The van der Waals surface area contributed by atoms with Crippen LogP contribution < -0.4 is 11.1 Å². The lowest BCUT2D eigenvalue weighted by Gasteiger charge is -2.14. The lowest BCUT2D eigenvalue weighted by Crippen LogP contribution is -2.46. The molecule has 82 valence electrons. The van der Waals surface area contributed by atoms with Gasteiger partial charge in [0.05, 0.1) is 0 Å². The van der Waals surface area contributed by atoms with Gasteiger partial charge in [-0.3, -0.25) is 9.59 Å². The summed E-state index contributed by atoms with van der Waals surface area (Å²) < 4.78 is 0. The van der Waals surface area contributed by atoms with Crippen molar-refractivity contribution in [1.82, 2.24) is 5.32 Å². The number of hydrogen-bond acceptors (Lipinski definition) is 5. The molecule has 0 aromatic carbocycles. The van der Waals surface area contributed by atoms with E-state index in [9.17, 15) is 9.59 Å². The molecule has 0 radical (unpaired) electrons. The number of hydrogen-bond donors (Lipinski definition) is 5. The number of carboxylic acids is 2. The van der Waals surface area contributed by atoms with Crippen molar-refractivity contribution in [1.29, 1.82) is 0 Å². The van der Waals surface area contributed by atoms with Crippen molar-refractivity contribution >= 4 is 24.6 Å². The minimum Gasteiger partial charge on any atom is -0.480 e. The summed E-state index contributed by atoms with van der Waals surface area (Å²) >= 11 is 3.89. The summed E-state index contributed by atoms with van der Waals surface area (Å²) in [6.45, 7) is -0.0694. The van der Waals surface area contributed by atoms with Crippen LogP contribution in [0.5, 0.6) is 0 Å². The lowest BCUT2D eigenvalue weighted by atomic mass is 10.2. The van der Waals surface area contributed by atoms with Crippen molar-refractivity contribution in [2.75, 3.05) is 12.3 Å². The molecule has 7 heteroatoms. The number of aliphatic carboxylic acids is 2. The number of nitrogens with two attached hydrogens (primary N) is 1. The van der Waals surface area contributed by atoms with Crippen molar-refractivity contribution in [2.24, 2.45) is 5.73 Å². The largest absolute Gasteiger partial charge is 0.480 e. The summed E-state index contributed by atoms with van der Waals surface area (Å²) in [4.78, 5) is 20.9. The molecule has 5 N–H and O–H groups in total. The van der Waals surface area contributed by atoms with Crippen LogP contribution in [0, 0.1) is 0 Å². The Labute approximate surface area is 86.9 Å². The summed E-state index contributed by atoms with van der Waals surface area (Å²) in [7, 11) is 0. The smallest absolute Gasteiger partial charge is 0.321 e. The van der Waals surface area contributed by atoms with Crippen LogP contribution >= 0.6 is 12.6 Å². The second kappa shape index (κ2) is 6.63. The zero-order chi connectivity index (χ0) is 11.1. The van der Waals surface area contributed by atoms with Gasteiger partial charge in [-0.05, 0) is 12.2 Å². The Morgan fingerprint density at radius 1 is 1.36 bits per heavy atom. The van der Waals surface area contributed by atoms with Gasteiger partial charge in [-0.2, -0.15) is 12.6 Å². The quantitative estimate of drug-likeness (QED) is 0.344. The van der Waals surface area contributed by atoms with E-state index in [1.807, 2.05) is 0 Å². The van der Waals surface area contributed by atoms with Crippen LogP contribution in [-0.2, 0) is 9.59 Å². The fourth-order valence-electron chi connectivity index (χ4n) is 0.798. The third kappa shape index (κ3) is 5.05. The molecular weight excluding hydrogens is 208 g/mol. The Balaban J connectivity index is 3.93. The van der Waals surface area contributed by atoms with Gasteiger partial charge in [0.1, 0.15) is 12.1 Å². The highest BCUT2D eigenvalue weighted by molar-refractivity contribution is 7.80. The van der Waals surface area contributed by atoms with Crippen LogP contribution in [-0.4, -0.2) is 46.5 Å². The van der Waals surface area contributed by atoms with Crippen LogP contribution in [0.15, 0.2) is 0 Å². The van der Waals surface area contributed by atoms with Gasteiger partial charge < -0.3 is 21.3 Å². The Morgan fingerprint density at radius 2 is 1.93 bits per heavy atom. The molecule has 0 rings (SSSR count). The number of carboxylic acid groups (broad SMARTS) is 2. The van der Waals surface area contributed by atoms with Gasteiger partial charge in [-0.1, -0.05) is 0 Å². The van der Waals surface area contributed by atoms with Crippen molar-refractivity contribution < 1.29 is 19.8 Å². The van der Waals surface area contributed by atoms with Crippen LogP contribution in [0.4, 0.5) is 0 Å². The maximum atomic E-state index is 10.6. The Morgan fingerprint density at radius 3 is 2.29 bits per heavy atom. The number of nitrogens with one attached hydrogen (secondary N) is 1. The highest BCUT2D eigenvalue weighted by Crippen LogP contribution is 1.94. The molecule has 14 heavy (non-hydrogen) atoms. The van der Waals surface area contributed by atoms with Crippen LogP contribution in [0.1, 0.15) is 6.42 Å². The predicted molar refractivity (Wildman–Crippen MR) is 53.5 cm³/mol. The molecule has 0 heterocycles. The Bertz CT molecular complexity index is 212. The molecule has 0 aromatic rings. The Hall–Kier alpha value is -0.790. The first kappa shape index (κ1) is 13.2. The van der Waals surface area contributed by atoms with Gasteiger partial charge >= 0.3 is 11.9 Å². The van der Waals surface area contributed by atoms with Gasteiger partial charge in [0, 0.05) is 6.54 Å². The van der Waals surface area contributed by atoms with Gasteiger partial charge in [0.2, 0.25) is 0 Å². The maximum Gasteiger partial charge on any atom is 0.321 e. The molecule has 0 bridgehead atoms. The van der Waals surface area contributed by atoms with Gasteiger partial charge in [-0.25, -0.2) is 0 Å². The summed E-state index contributed by atoms with van der Waals surface area (Å²) in [5, 5.41) is 19.7. The molecule has 0 aromatic heterocycles. The molecule has 0 aliphatic carbocycles. The molecule has 0 spiro atoms. The molecule has 0 aliphatic heterocycles. The van der Waals surface area contributed by atoms with Crippen LogP contribution in [0.25, 0.3) is 0 Å². The first-order valence-electron chi connectivity index (χ1n) is 4.04. The second-order valence-corrected chi connectivity index (χ2v) is 3.20. The lowest BCUT2D eigenvalue weighted by molar-refractivity contribution is -0.141. The van der Waals surface area contributed by atoms with Gasteiger partial charge in [-0.15, -0.1) is 0 Å². The van der Waals surface area contributed by atoms with E-state index in [1.54, 1.807) is 0 Å². The topological polar surface area (TPSA) is 113 Å². The van der Waals surface area contributed by atoms with Crippen molar-refractivity contribution in [3.8, 4) is 0 Å². The van der Waals surface area contributed by atoms with Crippen LogP contribution in [0.3, 0.4) is 0 Å². The average Bonchev–Trinajstić information content (AvgIpc) is 2.10.